The van der Waals surface area contributed by atoms with Crippen LogP contribution >= 0.6 is 11.3 Å². The zero-order chi connectivity index (χ0) is 10.6. The molecule has 1 atom stereocenters. The molecule has 1 amide bonds. The van der Waals surface area contributed by atoms with Gasteiger partial charge in [0.2, 0.25) is 5.91 Å². The molecule has 0 bridgehead atoms. The molecule has 5 nitrogen and oxygen atoms in total. The van der Waals surface area contributed by atoms with E-state index < -0.39 is 12.0 Å². The molecule has 0 aliphatic carbocycles. The molecule has 14 heavy (non-hydrogen) atoms. The average molecular weight is 214 g/mol. The number of carboxylic acids is 1. The van der Waals surface area contributed by atoms with Gasteiger partial charge in [-0.1, -0.05) is 0 Å². The number of thiazole rings is 1. The van der Waals surface area contributed by atoms with Crippen molar-refractivity contribution in [3.05, 3.63) is 16.6 Å². The summed E-state index contributed by atoms with van der Waals surface area (Å²) in [7, 11) is 0. The third kappa shape index (κ3) is 3.14. The zero-order valence-electron chi connectivity index (χ0n) is 7.56. The number of amides is 1. The number of carbonyl (C=O) groups excluding carboxylic acids is 1. The monoisotopic (exact) mass is 214 g/mol. The minimum absolute atomic E-state index is 0.123. The van der Waals surface area contributed by atoms with Crippen LogP contribution in [0.25, 0.3) is 0 Å². The Balaban J connectivity index is 2.71. The molecule has 0 saturated heterocycles. The first-order chi connectivity index (χ1) is 6.59. The number of hydrogen-bond acceptors (Lipinski definition) is 4. The Morgan fingerprint density at radius 3 is 2.86 bits per heavy atom. The maximum Gasteiger partial charge on any atom is 0.305 e. The van der Waals surface area contributed by atoms with Crippen molar-refractivity contribution in [2.24, 2.45) is 0 Å². The van der Waals surface area contributed by atoms with Crippen LogP contribution in [0.1, 0.15) is 24.3 Å². The van der Waals surface area contributed by atoms with Gasteiger partial charge in [0.05, 0.1) is 18.0 Å². The Kier molecular flexibility index (Phi) is 3.58. The van der Waals surface area contributed by atoms with E-state index in [1.807, 2.05) is 0 Å². The second kappa shape index (κ2) is 4.71. The molecule has 0 aromatic carbocycles. The number of nitrogens with one attached hydrogen (secondary N) is 1. The summed E-state index contributed by atoms with van der Waals surface area (Å²) in [4.78, 5) is 25.9. The second-order valence-electron chi connectivity index (χ2n) is 2.75. The third-order valence-electron chi connectivity index (χ3n) is 1.55. The molecule has 0 radical (unpaired) electrons. The van der Waals surface area contributed by atoms with Crippen molar-refractivity contribution in [3.63, 3.8) is 0 Å². The second-order valence-corrected chi connectivity index (χ2v) is 3.67. The van der Waals surface area contributed by atoms with Gasteiger partial charge >= 0.3 is 5.97 Å². The van der Waals surface area contributed by atoms with Gasteiger partial charge in [-0.2, -0.15) is 0 Å². The topological polar surface area (TPSA) is 79.3 Å². The number of aromatic nitrogens is 1. The minimum Gasteiger partial charge on any atom is -0.481 e. The first-order valence-electron chi connectivity index (χ1n) is 3.97. The fourth-order valence-corrected chi connectivity index (χ4v) is 1.71. The summed E-state index contributed by atoms with van der Waals surface area (Å²) >= 11 is 1.33. The van der Waals surface area contributed by atoms with Crippen molar-refractivity contribution in [3.8, 4) is 0 Å². The summed E-state index contributed by atoms with van der Waals surface area (Å²) in [5.41, 5.74) is 1.60. The molecule has 0 spiro atoms. The van der Waals surface area contributed by atoms with E-state index in [2.05, 4.69) is 10.3 Å². The Labute approximate surface area is 84.8 Å². The van der Waals surface area contributed by atoms with E-state index in [1.165, 1.54) is 18.3 Å². The molecule has 1 aromatic heterocycles. The van der Waals surface area contributed by atoms with Crippen LogP contribution in [0.5, 0.6) is 0 Å². The largest absolute Gasteiger partial charge is 0.481 e. The van der Waals surface area contributed by atoms with Crippen LogP contribution in [0.15, 0.2) is 11.7 Å². The molecular formula is C8H10N2O3S. The van der Waals surface area contributed by atoms with Crippen LogP contribution < -0.4 is 5.32 Å². The van der Waals surface area contributed by atoms with E-state index in [0.717, 1.165) is 4.88 Å². The van der Waals surface area contributed by atoms with Crippen molar-refractivity contribution in [1.82, 2.24) is 10.3 Å². The first kappa shape index (κ1) is 10.6. The standard InChI is InChI=1S/C8H10N2O3S/c1-5(11)10-6(2-8(12)13)7-3-9-4-14-7/h3-4,6H,2H2,1H3,(H,10,11)(H,12,13). The highest BCUT2D eigenvalue weighted by Gasteiger charge is 2.17. The van der Waals surface area contributed by atoms with E-state index in [-0.39, 0.29) is 12.3 Å². The lowest BCUT2D eigenvalue weighted by Gasteiger charge is -2.12. The van der Waals surface area contributed by atoms with Crippen molar-refractivity contribution in [2.75, 3.05) is 0 Å². The van der Waals surface area contributed by atoms with Gasteiger partial charge in [0.15, 0.2) is 0 Å². The van der Waals surface area contributed by atoms with E-state index in [1.54, 1.807) is 11.7 Å². The highest BCUT2D eigenvalue weighted by Crippen LogP contribution is 2.20. The smallest absolute Gasteiger partial charge is 0.305 e. The van der Waals surface area contributed by atoms with Crippen molar-refractivity contribution < 1.29 is 14.7 Å². The molecule has 0 fully saturated rings. The van der Waals surface area contributed by atoms with Crippen LogP contribution in [0, 0.1) is 0 Å². The lowest BCUT2D eigenvalue weighted by Crippen LogP contribution is -2.27. The van der Waals surface area contributed by atoms with Crippen molar-refractivity contribution >= 4 is 23.2 Å². The van der Waals surface area contributed by atoms with Crippen LogP contribution in [0.2, 0.25) is 0 Å². The summed E-state index contributed by atoms with van der Waals surface area (Å²) in [6.45, 7) is 1.36. The Morgan fingerprint density at radius 2 is 2.43 bits per heavy atom. The summed E-state index contributed by atoms with van der Waals surface area (Å²) in [5.74, 6) is -1.19. The summed E-state index contributed by atoms with van der Waals surface area (Å²) in [5, 5.41) is 11.2. The van der Waals surface area contributed by atoms with Gasteiger partial charge in [-0.25, -0.2) is 0 Å². The normalized spacial score (nSPS) is 12.1. The number of nitrogens with zero attached hydrogens (tertiary/aromatic N) is 1. The molecular weight excluding hydrogens is 204 g/mol. The van der Waals surface area contributed by atoms with E-state index >= 15 is 0 Å². The van der Waals surface area contributed by atoms with E-state index in [4.69, 9.17) is 5.11 Å². The average Bonchev–Trinajstić information content (AvgIpc) is 2.52. The molecule has 2 N–H and O–H groups in total. The molecule has 1 rings (SSSR count). The molecule has 76 valence electrons. The minimum atomic E-state index is -0.947. The molecule has 1 heterocycles. The van der Waals surface area contributed by atoms with Gasteiger partial charge in [-0.15, -0.1) is 11.3 Å². The Bertz CT molecular complexity index is 307. The van der Waals surface area contributed by atoms with Crippen molar-refractivity contribution in [2.45, 2.75) is 19.4 Å². The quantitative estimate of drug-likeness (QED) is 0.776. The molecule has 0 aliphatic heterocycles. The molecule has 0 aliphatic rings. The summed E-state index contributed by atoms with van der Waals surface area (Å²) in [6, 6.07) is -0.475. The van der Waals surface area contributed by atoms with Gasteiger partial charge in [0.1, 0.15) is 0 Å². The highest BCUT2D eigenvalue weighted by molar-refractivity contribution is 7.09. The lowest BCUT2D eigenvalue weighted by atomic mass is 10.2. The Hall–Kier alpha value is -1.43. The summed E-state index contributed by atoms with van der Waals surface area (Å²) in [6.07, 6.45) is 1.44. The molecule has 1 unspecified atom stereocenters. The third-order valence-corrected chi connectivity index (χ3v) is 2.44. The number of rotatable bonds is 4. The molecule has 6 heteroatoms. The van der Waals surface area contributed by atoms with Gasteiger partial charge in [0.25, 0.3) is 0 Å². The van der Waals surface area contributed by atoms with E-state index in [9.17, 15) is 9.59 Å². The maximum atomic E-state index is 10.8. The number of hydrogen-bond donors (Lipinski definition) is 2. The highest BCUT2D eigenvalue weighted by atomic mass is 32.1. The lowest BCUT2D eigenvalue weighted by molar-refractivity contribution is -0.137. The van der Waals surface area contributed by atoms with Gasteiger partial charge in [-0.3, -0.25) is 14.6 Å². The van der Waals surface area contributed by atoms with Crippen molar-refractivity contribution in [1.29, 1.82) is 0 Å². The van der Waals surface area contributed by atoms with Crippen LogP contribution in [0.4, 0.5) is 0 Å². The summed E-state index contributed by atoms with van der Waals surface area (Å²) < 4.78 is 0. The fourth-order valence-electron chi connectivity index (χ4n) is 1.04. The van der Waals surface area contributed by atoms with Gasteiger partial charge < -0.3 is 10.4 Å². The predicted octanol–water partition coefficient (Wildman–Crippen LogP) is 0.795. The fraction of sp³-hybridized carbons (Fsp3) is 0.375. The Morgan fingerprint density at radius 1 is 1.71 bits per heavy atom. The van der Waals surface area contributed by atoms with Gasteiger partial charge in [0, 0.05) is 18.0 Å². The van der Waals surface area contributed by atoms with Crippen LogP contribution in [-0.2, 0) is 9.59 Å². The first-order valence-corrected chi connectivity index (χ1v) is 4.85. The zero-order valence-corrected chi connectivity index (χ0v) is 8.37. The predicted molar refractivity (Wildman–Crippen MR) is 50.9 cm³/mol. The van der Waals surface area contributed by atoms with Crippen LogP contribution in [0.3, 0.4) is 0 Å². The van der Waals surface area contributed by atoms with E-state index in [0.29, 0.717) is 0 Å². The van der Waals surface area contributed by atoms with Gasteiger partial charge in [-0.05, 0) is 0 Å². The molecule has 0 saturated carbocycles. The number of carboxylic acid groups (broad SMARTS) is 1. The number of aliphatic carboxylic acids is 1. The maximum absolute atomic E-state index is 10.8. The molecule has 1 aromatic rings. The van der Waals surface area contributed by atoms with Crippen LogP contribution in [-0.4, -0.2) is 22.0 Å². The SMILES string of the molecule is CC(=O)NC(CC(=O)O)c1cncs1. The number of carbonyl (C=O) groups is 2.